The fourth-order valence-electron chi connectivity index (χ4n) is 2.47. The number of nitriles is 1. The van der Waals surface area contributed by atoms with E-state index in [1.807, 2.05) is 6.07 Å². The van der Waals surface area contributed by atoms with Crippen molar-refractivity contribution < 1.29 is 9.47 Å². The molecule has 0 amide bonds. The van der Waals surface area contributed by atoms with Crippen molar-refractivity contribution in [2.45, 2.75) is 6.42 Å². The van der Waals surface area contributed by atoms with Gasteiger partial charge >= 0.3 is 0 Å². The van der Waals surface area contributed by atoms with Crippen molar-refractivity contribution in [2.75, 3.05) is 39.5 Å². The van der Waals surface area contributed by atoms with Crippen molar-refractivity contribution in [3.63, 3.8) is 0 Å². The number of hydrogen-bond donors (Lipinski definition) is 0. The van der Waals surface area contributed by atoms with E-state index in [0.29, 0.717) is 34.1 Å². The summed E-state index contributed by atoms with van der Waals surface area (Å²) in [4.78, 5) is 10.9. The van der Waals surface area contributed by atoms with Crippen LogP contribution in [0.4, 0.5) is 0 Å². The number of pyridine rings is 2. The molecule has 6 nitrogen and oxygen atoms in total. The molecule has 120 valence electrons. The van der Waals surface area contributed by atoms with E-state index in [2.05, 4.69) is 14.9 Å². The number of hydrogen-bond acceptors (Lipinski definition) is 6. The average molecular weight is 333 g/mol. The van der Waals surface area contributed by atoms with Crippen LogP contribution in [-0.2, 0) is 4.74 Å². The Bertz CT molecular complexity index is 726. The molecule has 3 heterocycles. The summed E-state index contributed by atoms with van der Waals surface area (Å²) < 4.78 is 11.0. The molecule has 1 aliphatic heterocycles. The molecule has 0 unspecified atom stereocenters. The van der Waals surface area contributed by atoms with E-state index in [-0.39, 0.29) is 0 Å². The van der Waals surface area contributed by atoms with Gasteiger partial charge in [-0.25, -0.2) is 4.98 Å². The molecule has 1 saturated heterocycles. The Hall–Kier alpha value is -1.94. The first-order chi connectivity index (χ1) is 11.3. The smallest absolute Gasteiger partial charge is 0.213 e. The Morgan fingerprint density at radius 2 is 2.17 bits per heavy atom. The van der Waals surface area contributed by atoms with Gasteiger partial charge in [0.05, 0.1) is 35.9 Å². The molecule has 1 fully saturated rings. The maximum Gasteiger partial charge on any atom is 0.213 e. The van der Waals surface area contributed by atoms with Gasteiger partial charge in [0.15, 0.2) is 0 Å². The lowest BCUT2D eigenvalue weighted by molar-refractivity contribution is 0.0357. The molecular weight excluding hydrogens is 316 g/mol. The van der Waals surface area contributed by atoms with Crippen LogP contribution in [-0.4, -0.2) is 54.3 Å². The van der Waals surface area contributed by atoms with E-state index in [1.54, 1.807) is 12.1 Å². The van der Waals surface area contributed by atoms with Crippen LogP contribution in [0.15, 0.2) is 18.3 Å². The summed E-state index contributed by atoms with van der Waals surface area (Å²) in [5, 5.41) is 9.31. The van der Waals surface area contributed by atoms with Gasteiger partial charge in [-0.1, -0.05) is 11.6 Å². The van der Waals surface area contributed by atoms with Crippen LogP contribution in [0.3, 0.4) is 0 Å². The predicted molar refractivity (Wildman–Crippen MR) is 86.6 cm³/mol. The monoisotopic (exact) mass is 332 g/mol. The largest absolute Gasteiger partial charge is 0.478 e. The first-order valence-electron chi connectivity index (χ1n) is 7.56. The van der Waals surface area contributed by atoms with Crippen molar-refractivity contribution >= 4 is 22.6 Å². The third kappa shape index (κ3) is 3.88. The zero-order valence-corrected chi connectivity index (χ0v) is 13.4. The molecule has 0 aromatic carbocycles. The number of aromatic nitrogens is 2. The average Bonchev–Trinajstić information content (AvgIpc) is 2.60. The van der Waals surface area contributed by atoms with Gasteiger partial charge in [0.1, 0.15) is 11.6 Å². The van der Waals surface area contributed by atoms with Gasteiger partial charge in [0.25, 0.3) is 0 Å². The van der Waals surface area contributed by atoms with Gasteiger partial charge < -0.3 is 9.47 Å². The molecule has 3 rings (SSSR count). The van der Waals surface area contributed by atoms with Crippen LogP contribution in [0.2, 0.25) is 5.02 Å². The lowest BCUT2D eigenvalue weighted by atomic mass is 10.2. The lowest BCUT2D eigenvalue weighted by Gasteiger charge is -2.26. The summed E-state index contributed by atoms with van der Waals surface area (Å²) in [5.41, 5.74) is 1.46. The van der Waals surface area contributed by atoms with Gasteiger partial charge in [-0.05, 0) is 12.5 Å². The molecule has 7 heteroatoms. The summed E-state index contributed by atoms with van der Waals surface area (Å²) in [6.07, 6.45) is 2.37. The Kier molecular flexibility index (Phi) is 5.23. The zero-order chi connectivity index (χ0) is 16.1. The van der Waals surface area contributed by atoms with E-state index >= 15 is 0 Å². The minimum Gasteiger partial charge on any atom is -0.478 e. The quantitative estimate of drug-likeness (QED) is 0.782. The molecule has 0 spiro atoms. The second kappa shape index (κ2) is 7.55. The summed E-state index contributed by atoms with van der Waals surface area (Å²) in [7, 11) is 0. The Balaban J connectivity index is 1.59. The Morgan fingerprint density at radius 3 is 2.96 bits per heavy atom. The van der Waals surface area contributed by atoms with Crippen molar-refractivity contribution in [2.24, 2.45) is 0 Å². The fraction of sp³-hybridized carbons (Fsp3) is 0.438. The first kappa shape index (κ1) is 15.9. The zero-order valence-electron chi connectivity index (χ0n) is 12.7. The maximum absolute atomic E-state index is 9.00. The summed E-state index contributed by atoms with van der Waals surface area (Å²) >= 11 is 6.18. The first-order valence-corrected chi connectivity index (χ1v) is 7.94. The van der Waals surface area contributed by atoms with Crippen molar-refractivity contribution in [1.29, 1.82) is 5.26 Å². The number of rotatable bonds is 5. The summed E-state index contributed by atoms with van der Waals surface area (Å²) in [6, 6.07) is 5.57. The minimum absolute atomic E-state index is 0.316. The van der Waals surface area contributed by atoms with Crippen LogP contribution in [0.1, 0.15) is 12.0 Å². The van der Waals surface area contributed by atoms with Crippen molar-refractivity contribution in [3.8, 4) is 11.9 Å². The molecule has 23 heavy (non-hydrogen) atoms. The lowest BCUT2D eigenvalue weighted by Crippen LogP contribution is -2.37. The highest BCUT2D eigenvalue weighted by Gasteiger charge is 2.11. The Labute approximate surface area is 139 Å². The fourth-order valence-corrected chi connectivity index (χ4v) is 2.70. The molecule has 0 N–H and O–H groups in total. The molecule has 2 aromatic rings. The highest BCUT2D eigenvalue weighted by Crippen LogP contribution is 2.25. The van der Waals surface area contributed by atoms with Gasteiger partial charge in [-0.2, -0.15) is 5.26 Å². The standard InChI is InChI=1S/C16H17ClN4O2/c17-15-12(10-18)11-19-13-2-3-14(20-16(13)15)23-7-1-4-21-5-8-22-9-6-21/h2-3,11H,1,4-9H2. The number of fused-ring (bicyclic) bond motifs is 1. The van der Waals surface area contributed by atoms with Gasteiger partial charge in [0, 0.05) is 31.9 Å². The number of ether oxygens (including phenoxy) is 2. The topological polar surface area (TPSA) is 71.3 Å². The molecule has 0 bridgehead atoms. The molecule has 0 aliphatic carbocycles. The molecule has 1 aliphatic rings. The van der Waals surface area contributed by atoms with E-state index in [4.69, 9.17) is 26.3 Å². The van der Waals surface area contributed by atoms with Crippen LogP contribution in [0.25, 0.3) is 11.0 Å². The van der Waals surface area contributed by atoms with Gasteiger partial charge in [-0.15, -0.1) is 0 Å². The van der Waals surface area contributed by atoms with Crippen LogP contribution >= 0.6 is 11.6 Å². The third-order valence-electron chi connectivity index (χ3n) is 3.72. The van der Waals surface area contributed by atoms with Crippen LogP contribution < -0.4 is 4.74 Å². The van der Waals surface area contributed by atoms with Gasteiger partial charge in [-0.3, -0.25) is 9.88 Å². The highest BCUT2D eigenvalue weighted by molar-refractivity contribution is 6.36. The van der Waals surface area contributed by atoms with E-state index in [0.717, 1.165) is 39.3 Å². The normalized spacial score (nSPS) is 15.5. The predicted octanol–water partition coefficient (Wildman–Crippen LogP) is 2.26. The van der Waals surface area contributed by atoms with Crippen LogP contribution in [0, 0.1) is 11.3 Å². The van der Waals surface area contributed by atoms with E-state index in [9.17, 15) is 0 Å². The molecule has 2 aromatic heterocycles. The number of halogens is 1. The highest BCUT2D eigenvalue weighted by atomic mass is 35.5. The van der Waals surface area contributed by atoms with Gasteiger partial charge in [0.2, 0.25) is 5.88 Å². The minimum atomic E-state index is 0.316. The second-order valence-electron chi connectivity index (χ2n) is 5.27. The van der Waals surface area contributed by atoms with Crippen molar-refractivity contribution in [1.82, 2.24) is 14.9 Å². The number of nitrogens with zero attached hydrogens (tertiary/aromatic N) is 4. The van der Waals surface area contributed by atoms with Crippen molar-refractivity contribution in [3.05, 3.63) is 28.9 Å². The van der Waals surface area contributed by atoms with E-state index in [1.165, 1.54) is 6.20 Å². The molecule has 0 saturated carbocycles. The molecule has 0 radical (unpaired) electrons. The maximum atomic E-state index is 9.00. The SMILES string of the molecule is N#Cc1cnc2ccc(OCCCN3CCOCC3)nc2c1Cl. The molecule has 0 atom stereocenters. The molecular formula is C16H17ClN4O2. The van der Waals surface area contributed by atoms with E-state index < -0.39 is 0 Å². The second-order valence-corrected chi connectivity index (χ2v) is 5.65. The third-order valence-corrected chi connectivity index (χ3v) is 4.10. The summed E-state index contributed by atoms with van der Waals surface area (Å²) in [6.45, 7) is 5.13. The summed E-state index contributed by atoms with van der Waals surface area (Å²) in [5.74, 6) is 0.498. The Morgan fingerprint density at radius 1 is 1.35 bits per heavy atom. The van der Waals surface area contributed by atoms with Crippen LogP contribution in [0.5, 0.6) is 5.88 Å². The number of morpholine rings is 1.